The molecule has 0 N–H and O–H groups in total. The summed E-state index contributed by atoms with van der Waals surface area (Å²) in [7, 11) is 1.37. The van der Waals surface area contributed by atoms with Gasteiger partial charge in [0.15, 0.2) is 0 Å². The predicted molar refractivity (Wildman–Crippen MR) is 54.3 cm³/mol. The van der Waals surface area contributed by atoms with Gasteiger partial charge in [-0.1, -0.05) is 16.8 Å². The van der Waals surface area contributed by atoms with Crippen LogP contribution in [0.3, 0.4) is 0 Å². The SMILES string of the molecule is CCOC(=O)C(Cl)(Br)/C(C)=N/OC. The lowest BCUT2D eigenvalue weighted by molar-refractivity contribution is -0.141. The molecule has 0 rings (SSSR count). The van der Waals surface area contributed by atoms with E-state index in [4.69, 9.17) is 16.3 Å². The van der Waals surface area contributed by atoms with Gasteiger partial charge in [-0.25, -0.2) is 4.79 Å². The summed E-state index contributed by atoms with van der Waals surface area (Å²) < 4.78 is 3.29. The lowest BCUT2D eigenvalue weighted by Crippen LogP contribution is -2.35. The second kappa shape index (κ2) is 5.44. The maximum atomic E-state index is 11.2. The van der Waals surface area contributed by atoms with E-state index in [0.717, 1.165) is 0 Å². The number of rotatable bonds is 4. The molecule has 0 aromatic heterocycles. The maximum Gasteiger partial charge on any atom is 0.344 e. The normalized spacial score (nSPS) is 16.2. The molecule has 0 spiro atoms. The van der Waals surface area contributed by atoms with E-state index in [-0.39, 0.29) is 12.3 Å². The highest BCUT2D eigenvalue weighted by molar-refractivity contribution is 9.11. The van der Waals surface area contributed by atoms with Crippen molar-refractivity contribution >= 4 is 39.2 Å². The zero-order valence-corrected chi connectivity index (χ0v) is 9.98. The molecule has 0 aliphatic heterocycles. The molecule has 0 aliphatic carbocycles. The first-order valence-corrected chi connectivity index (χ1v) is 4.77. The van der Waals surface area contributed by atoms with Crippen LogP contribution in [0, 0.1) is 0 Å². The Morgan fingerprint density at radius 3 is 2.62 bits per heavy atom. The lowest BCUT2D eigenvalue weighted by atomic mass is 10.3. The van der Waals surface area contributed by atoms with Crippen molar-refractivity contribution in [1.82, 2.24) is 0 Å². The number of alkyl halides is 2. The molecule has 13 heavy (non-hydrogen) atoms. The zero-order valence-electron chi connectivity index (χ0n) is 7.63. The fourth-order valence-corrected chi connectivity index (χ4v) is 0.840. The number of oxime groups is 1. The Morgan fingerprint density at radius 1 is 1.69 bits per heavy atom. The first-order valence-electron chi connectivity index (χ1n) is 3.60. The minimum atomic E-state index is -1.43. The molecule has 4 nitrogen and oxygen atoms in total. The molecule has 0 heterocycles. The van der Waals surface area contributed by atoms with Gasteiger partial charge in [0.05, 0.1) is 12.3 Å². The molecular weight excluding hydrogens is 261 g/mol. The maximum absolute atomic E-state index is 11.2. The van der Waals surface area contributed by atoms with E-state index in [1.807, 2.05) is 0 Å². The van der Waals surface area contributed by atoms with Crippen LogP contribution in [0.25, 0.3) is 0 Å². The third-order valence-corrected chi connectivity index (χ3v) is 2.54. The van der Waals surface area contributed by atoms with Crippen LogP contribution in [0.2, 0.25) is 0 Å². The molecule has 0 aromatic carbocycles. The monoisotopic (exact) mass is 271 g/mol. The molecule has 0 aromatic rings. The van der Waals surface area contributed by atoms with Crippen molar-refractivity contribution in [1.29, 1.82) is 0 Å². The molecule has 0 bridgehead atoms. The Bertz CT molecular complexity index is 218. The van der Waals surface area contributed by atoms with Gasteiger partial charge in [-0.05, 0) is 29.8 Å². The molecule has 1 unspecified atom stereocenters. The Balaban J connectivity index is 4.54. The molecule has 0 saturated carbocycles. The molecule has 0 aliphatic rings. The van der Waals surface area contributed by atoms with Crippen LogP contribution in [-0.4, -0.2) is 29.2 Å². The highest BCUT2D eigenvalue weighted by Gasteiger charge is 2.38. The van der Waals surface area contributed by atoms with E-state index in [1.165, 1.54) is 7.11 Å². The van der Waals surface area contributed by atoms with E-state index >= 15 is 0 Å². The molecule has 0 fully saturated rings. The van der Waals surface area contributed by atoms with Gasteiger partial charge in [0, 0.05) is 0 Å². The van der Waals surface area contributed by atoms with E-state index < -0.39 is 9.75 Å². The zero-order chi connectivity index (χ0) is 10.5. The average Bonchev–Trinajstić information content (AvgIpc) is 2.05. The van der Waals surface area contributed by atoms with E-state index in [2.05, 4.69) is 25.9 Å². The van der Waals surface area contributed by atoms with Gasteiger partial charge < -0.3 is 9.57 Å². The van der Waals surface area contributed by atoms with E-state index in [1.54, 1.807) is 13.8 Å². The molecule has 0 amide bonds. The molecule has 0 saturated heterocycles. The second-order valence-corrected chi connectivity index (χ2v) is 4.37. The van der Waals surface area contributed by atoms with Crippen LogP contribution in [0.15, 0.2) is 5.16 Å². The van der Waals surface area contributed by atoms with E-state index in [9.17, 15) is 4.79 Å². The summed E-state index contributed by atoms with van der Waals surface area (Å²) in [5.74, 6) is -0.602. The predicted octanol–water partition coefficient (Wildman–Crippen LogP) is 1.90. The van der Waals surface area contributed by atoms with Crippen molar-refractivity contribution in [3.63, 3.8) is 0 Å². The van der Waals surface area contributed by atoms with Crippen LogP contribution in [0.5, 0.6) is 0 Å². The number of hydrogen-bond donors (Lipinski definition) is 0. The minimum Gasteiger partial charge on any atom is -0.464 e. The first-order chi connectivity index (χ1) is 5.96. The van der Waals surface area contributed by atoms with Crippen LogP contribution in [0.1, 0.15) is 13.8 Å². The summed E-state index contributed by atoms with van der Waals surface area (Å²) in [5, 5.41) is 3.54. The van der Waals surface area contributed by atoms with Crippen LogP contribution in [0.4, 0.5) is 0 Å². The fraction of sp³-hybridized carbons (Fsp3) is 0.714. The second-order valence-electron chi connectivity index (χ2n) is 2.15. The number of carbonyl (C=O) groups excluding carboxylic acids is 1. The molecule has 76 valence electrons. The van der Waals surface area contributed by atoms with Crippen molar-refractivity contribution < 1.29 is 14.4 Å². The average molecular weight is 273 g/mol. The molecule has 1 atom stereocenters. The highest BCUT2D eigenvalue weighted by Crippen LogP contribution is 2.27. The number of nitrogens with zero attached hydrogens (tertiary/aromatic N) is 1. The Morgan fingerprint density at radius 2 is 2.23 bits per heavy atom. The third-order valence-electron chi connectivity index (χ3n) is 1.21. The van der Waals surface area contributed by atoms with E-state index in [0.29, 0.717) is 0 Å². The van der Waals surface area contributed by atoms with Gasteiger partial charge in [0.1, 0.15) is 7.11 Å². The largest absolute Gasteiger partial charge is 0.464 e. The smallest absolute Gasteiger partial charge is 0.344 e. The summed E-state index contributed by atoms with van der Waals surface area (Å²) in [6.45, 7) is 3.52. The van der Waals surface area contributed by atoms with Gasteiger partial charge in [-0.3, -0.25) is 0 Å². The molecule has 0 radical (unpaired) electrons. The lowest BCUT2D eigenvalue weighted by Gasteiger charge is -2.16. The standard InChI is InChI=1S/C7H11BrClNO3/c1-4-13-6(11)7(8,9)5(2)10-12-3/h4H2,1-3H3/b10-5+. The topological polar surface area (TPSA) is 47.9 Å². The van der Waals surface area contributed by atoms with Crippen LogP contribution >= 0.6 is 27.5 Å². The van der Waals surface area contributed by atoms with Crippen molar-refractivity contribution in [3.05, 3.63) is 0 Å². The van der Waals surface area contributed by atoms with Gasteiger partial charge in [-0.2, -0.15) is 0 Å². The first kappa shape index (κ1) is 12.7. The highest BCUT2D eigenvalue weighted by atomic mass is 79.9. The van der Waals surface area contributed by atoms with Gasteiger partial charge in [-0.15, -0.1) is 0 Å². The van der Waals surface area contributed by atoms with Crippen molar-refractivity contribution in [2.24, 2.45) is 5.16 Å². The fourth-order valence-electron chi connectivity index (χ4n) is 0.564. The van der Waals surface area contributed by atoms with Gasteiger partial charge in [0.2, 0.25) is 3.78 Å². The number of ether oxygens (including phenoxy) is 1. The quantitative estimate of drug-likeness (QED) is 0.340. The number of hydrogen-bond acceptors (Lipinski definition) is 4. The summed E-state index contributed by atoms with van der Waals surface area (Å²) in [6, 6.07) is 0. The van der Waals surface area contributed by atoms with Gasteiger partial charge >= 0.3 is 5.97 Å². The minimum absolute atomic E-state index is 0.263. The number of esters is 1. The van der Waals surface area contributed by atoms with Crippen molar-refractivity contribution in [2.45, 2.75) is 17.6 Å². The van der Waals surface area contributed by atoms with Crippen molar-refractivity contribution in [2.75, 3.05) is 13.7 Å². The van der Waals surface area contributed by atoms with Gasteiger partial charge in [0.25, 0.3) is 0 Å². The number of halogens is 2. The Labute approximate surface area is 90.3 Å². The molecule has 6 heteroatoms. The summed E-state index contributed by atoms with van der Waals surface area (Å²) in [4.78, 5) is 15.7. The van der Waals surface area contributed by atoms with Crippen molar-refractivity contribution in [3.8, 4) is 0 Å². The Kier molecular flexibility index (Phi) is 5.32. The third kappa shape index (κ3) is 3.52. The summed E-state index contributed by atoms with van der Waals surface area (Å²) in [5.41, 5.74) is 0.287. The van der Waals surface area contributed by atoms with Crippen LogP contribution < -0.4 is 0 Å². The number of carbonyl (C=O) groups is 1. The Hall–Kier alpha value is -0.290. The summed E-state index contributed by atoms with van der Waals surface area (Å²) in [6.07, 6.45) is 0. The van der Waals surface area contributed by atoms with Crippen LogP contribution in [-0.2, 0) is 14.4 Å². The summed E-state index contributed by atoms with van der Waals surface area (Å²) >= 11 is 8.82. The molecular formula is C7H11BrClNO3.